The van der Waals surface area contributed by atoms with E-state index in [9.17, 15) is 18.0 Å². The molecule has 0 aromatic carbocycles. The molecule has 1 amide bonds. The molecule has 0 aliphatic heterocycles. The van der Waals surface area contributed by atoms with Crippen LogP contribution < -0.4 is 11.1 Å². The Morgan fingerprint density at radius 2 is 2.13 bits per heavy atom. The average Bonchev–Trinajstić information content (AvgIpc) is 2.11. The van der Waals surface area contributed by atoms with Crippen molar-refractivity contribution in [2.24, 2.45) is 5.73 Å². The van der Waals surface area contributed by atoms with E-state index in [1.54, 1.807) is 6.92 Å². The zero-order valence-electron chi connectivity index (χ0n) is 8.43. The van der Waals surface area contributed by atoms with Gasteiger partial charge in [-0.1, -0.05) is 0 Å². The summed E-state index contributed by atoms with van der Waals surface area (Å²) >= 11 is 0. The number of alkyl halides is 3. The second-order valence-corrected chi connectivity index (χ2v) is 3.12. The third kappa shape index (κ3) is 9.48. The summed E-state index contributed by atoms with van der Waals surface area (Å²) in [6.07, 6.45) is -4.44. The predicted octanol–water partition coefficient (Wildman–Crippen LogP) is 0.419. The number of amides is 1. The molecule has 0 aliphatic carbocycles. The SMILES string of the molecule is CC(CN)NC(=O)CCOCC(F)(F)F. The average molecular weight is 228 g/mol. The van der Waals surface area contributed by atoms with Gasteiger partial charge in [0.05, 0.1) is 6.61 Å². The van der Waals surface area contributed by atoms with Gasteiger partial charge in [0.15, 0.2) is 0 Å². The van der Waals surface area contributed by atoms with Crippen molar-refractivity contribution < 1.29 is 22.7 Å². The minimum absolute atomic E-state index is 0.0968. The van der Waals surface area contributed by atoms with Crippen LogP contribution in [0.4, 0.5) is 13.2 Å². The molecule has 1 atom stereocenters. The molecule has 3 N–H and O–H groups in total. The fourth-order valence-corrected chi connectivity index (χ4v) is 0.759. The molecule has 0 spiro atoms. The van der Waals surface area contributed by atoms with Gasteiger partial charge < -0.3 is 15.8 Å². The number of carbonyl (C=O) groups is 1. The Bertz CT molecular complexity index is 197. The Balaban J connectivity index is 3.48. The van der Waals surface area contributed by atoms with E-state index < -0.39 is 12.8 Å². The molecule has 0 saturated carbocycles. The summed E-state index contributed by atoms with van der Waals surface area (Å²) in [4.78, 5) is 11.0. The van der Waals surface area contributed by atoms with Gasteiger partial charge in [0.2, 0.25) is 5.91 Å². The van der Waals surface area contributed by atoms with Crippen LogP contribution in [0.1, 0.15) is 13.3 Å². The highest BCUT2D eigenvalue weighted by molar-refractivity contribution is 5.76. The van der Waals surface area contributed by atoms with Crippen LogP contribution in [-0.4, -0.2) is 37.9 Å². The van der Waals surface area contributed by atoms with Crippen molar-refractivity contribution in [3.8, 4) is 0 Å². The number of ether oxygens (including phenoxy) is 1. The highest BCUT2D eigenvalue weighted by Gasteiger charge is 2.27. The van der Waals surface area contributed by atoms with Crippen LogP contribution in [0.15, 0.2) is 0 Å². The van der Waals surface area contributed by atoms with Crippen LogP contribution in [0.3, 0.4) is 0 Å². The van der Waals surface area contributed by atoms with Crippen LogP contribution in [0.25, 0.3) is 0 Å². The summed E-state index contributed by atoms with van der Waals surface area (Å²) in [5.41, 5.74) is 5.24. The second kappa shape index (κ2) is 6.62. The molecule has 7 heteroatoms. The molecule has 0 radical (unpaired) electrons. The van der Waals surface area contributed by atoms with Crippen molar-refractivity contribution in [2.75, 3.05) is 19.8 Å². The zero-order chi connectivity index (χ0) is 11.9. The molecular weight excluding hydrogens is 213 g/mol. The van der Waals surface area contributed by atoms with E-state index in [4.69, 9.17) is 5.73 Å². The van der Waals surface area contributed by atoms with Gasteiger partial charge in [0.25, 0.3) is 0 Å². The fraction of sp³-hybridized carbons (Fsp3) is 0.875. The lowest BCUT2D eigenvalue weighted by molar-refractivity contribution is -0.174. The van der Waals surface area contributed by atoms with Crippen molar-refractivity contribution in [3.63, 3.8) is 0 Å². The first-order chi connectivity index (χ1) is 6.85. The summed E-state index contributed by atoms with van der Waals surface area (Å²) in [5, 5.41) is 2.50. The summed E-state index contributed by atoms with van der Waals surface area (Å²) in [7, 11) is 0. The number of nitrogens with one attached hydrogen (secondary N) is 1. The number of carbonyl (C=O) groups excluding carboxylic acids is 1. The van der Waals surface area contributed by atoms with Gasteiger partial charge in [-0.25, -0.2) is 0 Å². The zero-order valence-corrected chi connectivity index (χ0v) is 8.43. The first-order valence-electron chi connectivity index (χ1n) is 4.49. The molecule has 0 heterocycles. The molecule has 0 bridgehead atoms. The van der Waals surface area contributed by atoms with Gasteiger partial charge in [0, 0.05) is 19.0 Å². The lowest BCUT2D eigenvalue weighted by atomic mass is 10.3. The number of hydrogen-bond acceptors (Lipinski definition) is 3. The van der Waals surface area contributed by atoms with E-state index in [0.717, 1.165) is 0 Å². The van der Waals surface area contributed by atoms with Crippen LogP contribution in [-0.2, 0) is 9.53 Å². The third-order valence-corrected chi connectivity index (χ3v) is 1.50. The summed E-state index contributed by atoms with van der Waals surface area (Å²) < 4.78 is 39.1. The van der Waals surface area contributed by atoms with Crippen molar-refractivity contribution in [3.05, 3.63) is 0 Å². The first-order valence-corrected chi connectivity index (χ1v) is 4.49. The molecule has 0 aromatic rings. The minimum Gasteiger partial charge on any atom is -0.372 e. The maximum absolute atomic E-state index is 11.6. The standard InChI is InChI=1S/C8H15F3N2O2/c1-6(4-12)13-7(14)2-3-15-5-8(9,10)11/h6H,2-5,12H2,1H3,(H,13,14). The second-order valence-electron chi connectivity index (χ2n) is 3.12. The van der Waals surface area contributed by atoms with E-state index >= 15 is 0 Å². The Morgan fingerprint density at radius 3 is 2.60 bits per heavy atom. The van der Waals surface area contributed by atoms with Crippen LogP contribution in [0.2, 0.25) is 0 Å². The molecule has 0 aliphatic rings. The van der Waals surface area contributed by atoms with E-state index in [2.05, 4.69) is 10.1 Å². The van der Waals surface area contributed by atoms with Crippen molar-refractivity contribution in [1.82, 2.24) is 5.32 Å². The maximum atomic E-state index is 11.6. The Kier molecular flexibility index (Phi) is 6.26. The molecule has 15 heavy (non-hydrogen) atoms. The summed E-state index contributed by atoms with van der Waals surface area (Å²) in [5.74, 6) is -0.366. The van der Waals surface area contributed by atoms with Crippen molar-refractivity contribution >= 4 is 5.91 Å². The predicted molar refractivity (Wildman–Crippen MR) is 48.2 cm³/mol. The normalized spacial score (nSPS) is 13.7. The van der Waals surface area contributed by atoms with Gasteiger partial charge >= 0.3 is 6.18 Å². The molecule has 90 valence electrons. The first kappa shape index (κ1) is 14.2. The van der Waals surface area contributed by atoms with Gasteiger partial charge in [0.1, 0.15) is 6.61 Å². The molecule has 0 aromatic heterocycles. The molecule has 0 rings (SSSR count). The Morgan fingerprint density at radius 1 is 1.53 bits per heavy atom. The number of halogens is 3. The topological polar surface area (TPSA) is 64.3 Å². The van der Waals surface area contributed by atoms with Crippen LogP contribution in [0.5, 0.6) is 0 Å². The van der Waals surface area contributed by atoms with Gasteiger partial charge in [-0.2, -0.15) is 13.2 Å². The number of nitrogens with two attached hydrogens (primary N) is 1. The van der Waals surface area contributed by atoms with Crippen LogP contribution >= 0.6 is 0 Å². The maximum Gasteiger partial charge on any atom is 0.411 e. The molecule has 0 saturated heterocycles. The van der Waals surface area contributed by atoms with E-state index in [1.807, 2.05) is 0 Å². The smallest absolute Gasteiger partial charge is 0.372 e. The lowest BCUT2D eigenvalue weighted by Gasteiger charge is -2.11. The highest BCUT2D eigenvalue weighted by atomic mass is 19.4. The number of rotatable bonds is 6. The molecule has 0 fully saturated rings. The molecular formula is C8H15F3N2O2. The van der Waals surface area contributed by atoms with Gasteiger partial charge in [-0.15, -0.1) is 0 Å². The lowest BCUT2D eigenvalue weighted by Crippen LogP contribution is -2.38. The van der Waals surface area contributed by atoms with E-state index in [0.29, 0.717) is 0 Å². The molecule has 4 nitrogen and oxygen atoms in total. The fourth-order valence-electron chi connectivity index (χ4n) is 0.759. The highest BCUT2D eigenvalue weighted by Crippen LogP contribution is 2.14. The van der Waals surface area contributed by atoms with Gasteiger partial charge in [-0.05, 0) is 6.92 Å². The van der Waals surface area contributed by atoms with E-state index in [1.165, 1.54) is 0 Å². The quantitative estimate of drug-likeness (QED) is 0.647. The third-order valence-electron chi connectivity index (χ3n) is 1.50. The summed E-state index contributed by atoms with van der Waals surface area (Å²) in [6, 6.07) is -0.180. The monoisotopic (exact) mass is 228 g/mol. The minimum atomic E-state index is -4.35. The van der Waals surface area contributed by atoms with Gasteiger partial charge in [-0.3, -0.25) is 4.79 Å². The molecule has 1 unspecified atom stereocenters. The Labute approximate surface area is 86.0 Å². The van der Waals surface area contributed by atoms with Crippen molar-refractivity contribution in [2.45, 2.75) is 25.6 Å². The van der Waals surface area contributed by atoms with Crippen LogP contribution in [0, 0.1) is 0 Å². The largest absolute Gasteiger partial charge is 0.411 e. The van der Waals surface area contributed by atoms with E-state index in [-0.39, 0.29) is 31.5 Å². The Hall–Kier alpha value is -0.820. The number of hydrogen-bond donors (Lipinski definition) is 2. The summed E-state index contributed by atoms with van der Waals surface area (Å²) in [6.45, 7) is 0.416. The van der Waals surface area contributed by atoms with Crippen molar-refractivity contribution in [1.29, 1.82) is 0 Å².